The second kappa shape index (κ2) is 11.4. The number of carbonyl (C=O) groups is 2. The van der Waals surface area contributed by atoms with Crippen LogP contribution in [0, 0.1) is 0 Å². The predicted molar refractivity (Wildman–Crippen MR) is 62.6 cm³/mol. The molecule has 0 saturated carbocycles. The minimum absolute atomic E-state index is 0.0633. The zero-order chi connectivity index (χ0) is 12.9. The van der Waals surface area contributed by atoms with Gasteiger partial charge in [0.2, 0.25) is 0 Å². The molecule has 0 aromatic rings. The molecule has 0 rings (SSSR count). The Labute approximate surface area is 102 Å². The average molecular weight is 246 g/mol. The van der Waals surface area contributed by atoms with E-state index in [1.807, 2.05) is 0 Å². The maximum atomic E-state index is 11.2. The molecular weight excluding hydrogens is 224 g/mol. The Morgan fingerprint density at radius 3 is 2.12 bits per heavy atom. The highest BCUT2D eigenvalue weighted by molar-refractivity contribution is 5.77. The van der Waals surface area contributed by atoms with Gasteiger partial charge in [-0.15, -0.1) is 0 Å². The Bertz CT molecular complexity index is 215. The van der Waals surface area contributed by atoms with Crippen LogP contribution in [-0.2, 0) is 23.8 Å². The van der Waals surface area contributed by atoms with Crippen LogP contribution in [0.3, 0.4) is 0 Å². The number of hydrogen-bond donors (Lipinski definition) is 0. The van der Waals surface area contributed by atoms with Crippen molar-refractivity contribution in [2.75, 3.05) is 26.4 Å². The van der Waals surface area contributed by atoms with Crippen LogP contribution in [0.5, 0.6) is 0 Å². The van der Waals surface area contributed by atoms with Gasteiger partial charge in [0, 0.05) is 6.61 Å². The fourth-order valence-electron chi connectivity index (χ4n) is 1.07. The van der Waals surface area contributed by atoms with E-state index in [0.29, 0.717) is 19.8 Å². The van der Waals surface area contributed by atoms with Gasteiger partial charge < -0.3 is 14.2 Å². The van der Waals surface area contributed by atoms with E-state index in [2.05, 4.69) is 6.92 Å². The summed E-state index contributed by atoms with van der Waals surface area (Å²) in [5.74, 6) is -0.763. The third kappa shape index (κ3) is 11.2. The Hall–Kier alpha value is -1.10. The lowest BCUT2D eigenvalue weighted by Crippen LogP contribution is -2.13. The first kappa shape index (κ1) is 15.9. The minimum Gasteiger partial charge on any atom is -0.466 e. The monoisotopic (exact) mass is 246 g/mol. The van der Waals surface area contributed by atoms with E-state index in [1.54, 1.807) is 6.92 Å². The van der Waals surface area contributed by atoms with E-state index in [9.17, 15) is 9.59 Å². The van der Waals surface area contributed by atoms with E-state index in [0.717, 1.165) is 12.8 Å². The van der Waals surface area contributed by atoms with Crippen LogP contribution in [0.4, 0.5) is 0 Å². The second-order valence-corrected chi connectivity index (χ2v) is 3.49. The second-order valence-electron chi connectivity index (χ2n) is 3.49. The molecule has 100 valence electrons. The maximum Gasteiger partial charge on any atom is 0.306 e. The molecule has 5 nitrogen and oxygen atoms in total. The molecule has 0 radical (unpaired) electrons. The van der Waals surface area contributed by atoms with Gasteiger partial charge in [-0.2, -0.15) is 0 Å². The van der Waals surface area contributed by atoms with Crippen molar-refractivity contribution in [1.82, 2.24) is 0 Å². The van der Waals surface area contributed by atoms with E-state index in [4.69, 9.17) is 14.2 Å². The molecule has 0 aliphatic carbocycles. The molecule has 0 amide bonds. The SMILES string of the molecule is CCCCOCCOC(=O)CCC(=O)OCC. The minimum atomic E-state index is -0.392. The first-order valence-corrected chi connectivity index (χ1v) is 6.09. The number of hydrogen-bond acceptors (Lipinski definition) is 5. The number of rotatable bonds is 10. The van der Waals surface area contributed by atoms with Gasteiger partial charge in [0.1, 0.15) is 6.61 Å². The molecule has 0 N–H and O–H groups in total. The molecule has 0 fully saturated rings. The van der Waals surface area contributed by atoms with Crippen molar-refractivity contribution < 1.29 is 23.8 Å². The first-order chi connectivity index (χ1) is 8.20. The summed E-state index contributed by atoms with van der Waals surface area (Å²) < 4.78 is 14.8. The molecule has 0 bridgehead atoms. The summed E-state index contributed by atoms with van der Waals surface area (Å²) in [6.45, 7) is 5.48. The highest BCUT2D eigenvalue weighted by Gasteiger charge is 2.08. The molecule has 0 aliphatic heterocycles. The summed E-state index contributed by atoms with van der Waals surface area (Å²) in [5.41, 5.74) is 0. The van der Waals surface area contributed by atoms with Gasteiger partial charge in [0.25, 0.3) is 0 Å². The molecule has 17 heavy (non-hydrogen) atoms. The number of carbonyl (C=O) groups excluding carboxylic acids is 2. The Kier molecular flexibility index (Phi) is 10.7. The highest BCUT2D eigenvalue weighted by Crippen LogP contribution is 1.96. The van der Waals surface area contributed by atoms with Crippen molar-refractivity contribution in [2.24, 2.45) is 0 Å². The smallest absolute Gasteiger partial charge is 0.306 e. The van der Waals surface area contributed by atoms with Gasteiger partial charge in [-0.1, -0.05) is 13.3 Å². The third-order valence-electron chi connectivity index (χ3n) is 1.97. The van der Waals surface area contributed by atoms with Crippen LogP contribution in [0.25, 0.3) is 0 Å². The van der Waals surface area contributed by atoms with Gasteiger partial charge in [-0.05, 0) is 13.3 Å². The van der Waals surface area contributed by atoms with Crippen LogP contribution in [0.15, 0.2) is 0 Å². The van der Waals surface area contributed by atoms with Crippen LogP contribution >= 0.6 is 0 Å². The van der Waals surface area contributed by atoms with Gasteiger partial charge in [-0.3, -0.25) is 9.59 Å². The molecule has 0 aromatic carbocycles. The standard InChI is InChI=1S/C12H22O5/c1-3-5-8-15-9-10-17-12(14)7-6-11(13)16-4-2/h3-10H2,1-2H3. The molecular formula is C12H22O5. The Morgan fingerprint density at radius 2 is 1.53 bits per heavy atom. The largest absolute Gasteiger partial charge is 0.466 e. The highest BCUT2D eigenvalue weighted by atomic mass is 16.6. The lowest BCUT2D eigenvalue weighted by Gasteiger charge is -2.05. The zero-order valence-electron chi connectivity index (χ0n) is 10.7. The fourth-order valence-corrected chi connectivity index (χ4v) is 1.07. The predicted octanol–water partition coefficient (Wildman–Crippen LogP) is 1.69. The molecule has 0 saturated heterocycles. The number of ether oxygens (including phenoxy) is 3. The summed E-state index contributed by atoms with van der Waals surface area (Å²) in [4.78, 5) is 22.1. The average Bonchev–Trinajstić information content (AvgIpc) is 2.31. The number of unbranched alkanes of at least 4 members (excludes halogenated alkanes) is 1. The maximum absolute atomic E-state index is 11.2. The van der Waals surface area contributed by atoms with Crippen molar-refractivity contribution >= 4 is 11.9 Å². The first-order valence-electron chi connectivity index (χ1n) is 6.09. The lowest BCUT2D eigenvalue weighted by atomic mass is 10.3. The van der Waals surface area contributed by atoms with Crippen molar-refractivity contribution in [3.8, 4) is 0 Å². The van der Waals surface area contributed by atoms with E-state index < -0.39 is 5.97 Å². The van der Waals surface area contributed by atoms with Gasteiger partial charge >= 0.3 is 11.9 Å². The summed E-state index contributed by atoms with van der Waals surface area (Å²) in [6, 6.07) is 0. The quantitative estimate of drug-likeness (QED) is 0.433. The molecule has 0 atom stereocenters. The molecule has 5 heteroatoms. The van der Waals surface area contributed by atoms with Gasteiger partial charge in [0.15, 0.2) is 0 Å². The summed E-state index contributed by atoms with van der Waals surface area (Å²) in [5, 5.41) is 0. The lowest BCUT2D eigenvalue weighted by molar-refractivity contribution is -0.150. The van der Waals surface area contributed by atoms with Crippen LogP contribution in [-0.4, -0.2) is 38.4 Å². The number of esters is 2. The van der Waals surface area contributed by atoms with E-state index in [1.165, 1.54) is 0 Å². The summed E-state index contributed by atoms with van der Waals surface area (Å²) >= 11 is 0. The molecule has 0 heterocycles. The van der Waals surface area contributed by atoms with Crippen LogP contribution < -0.4 is 0 Å². The van der Waals surface area contributed by atoms with E-state index >= 15 is 0 Å². The molecule has 0 spiro atoms. The van der Waals surface area contributed by atoms with Crippen molar-refractivity contribution in [3.63, 3.8) is 0 Å². The molecule has 0 aliphatic rings. The molecule has 0 aromatic heterocycles. The van der Waals surface area contributed by atoms with E-state index in [-0.39, 0.29) is 25.4 Å². The normalized spacial score (nSPS) is 10.0. The van der Waals surface area contributed by atoms with Gasteiger partial charge in [-0.25, -0.2) is 0 Å². The van der Waals surface area contributed by atoms with Crippen molar-refractivity contribution in [1.29, 1.82) is 0 Å². The summed E-state index contributed by atoms with van der Waals surface area (Å²) in [7, 11) is 0. The fraction of sp³-hybridized carbons (Fsp3) is 0.833. The van der Waals surface area contributed by atoms with Gasteiger partial charge in [0.05, 0.1) is 26.1 Å². The van der Waals surface area contributed by atoms with Crippen molar-refractivity contribution in [3.05, 3.63) is 0 Å². The third-order valence-corrected chi connectivity index (χ3v) is 1.97. The summed E-state index contributed by atoms with van der Waals surface area (Å²) in [6.07, 6.45) is 2.23. The zero-order valence-corrected chi connectivity index (χ0v) is 10.7. The molecule has 0 unspecified atom stereocenters. The Morgan fingerprint density at radius 1 is 0.882 bits per heavy atom. The van der Waals surface area contributed by atoms with Crippen LogP contribution in [0.2, 0.25) is 0 Å². The van der Waals surface area contributed by atoms with Crippen LogP contribution in [0.1, 0.15) is 39.5 Å². The topological polar surface area (TPSA) is 61.8 Å². The Balaban J connectivity index is 3.31. The van der Waals surface area contributed by atoms with Crippen molar-refractivity contribution in [2.45, 2.75) is 39.5 Å².